The molecule has 0 unspecified atom stereocenters. The van der Waals surface area contributed by atoms with Crippen LogP contribution in [0.5, 0.6) is 0 Å². The number of anilines is 1. The van der Waals surface area contributed by atoms with E-state index in [-0.39, 0.29) is 29.1 Å². The molecule has 0 bridgehead atoms. The number of rotatable bonds is 1. The summed E-state index contributed by atoms with van der Waals surface area (Å²) in [4.78, 5) is 21.5. The highest BCUT2D eigenvalue weighted by Gasteiger charge is 2.23. The van der Waals surface area contributed by atoms with E-state index in [9.17, 15) is 14.0 Å². The van der Waals surface area contributed by atoms with E-state index in [4.69, 9.17) is 5.11 Å². The Kier molecular flexibility index (Phi) is 1.73. The van der Waals surface area contributed by atoms with Gasteiger partial charge in [0.15, 0.2) is 0 Å². The van der Waals surface area contributed by atoms with Crippen LogP contribution in [-0.4, -0.2) is 17.0 Å². The average molecular weight is 195 g/mol. The van der Waals surface area contributed by atoms with Crippen LogP contribution in [0, 0.1) is 5.82 Å². The molecule has 0 fully saturated rings. The maximum atomic E-state index is 13.2. The molecule has 0 saturated heterocycles. The second kappa shape index (κ2) is 2.80. The molecule has 0 radical (unpaired) electrons. The number of halogens is 1. The largest absolute Gasteiger partial charge is 0.478 e. The van der Waals surface area contributed by atoms with Crippen LogP contribution in [0.4, 0.5) is 10.1 Å². The second-order valence-corrected chi connectivity index (χ2v) is 3.01. The van der Waals surface area contributed by atoms with E-state index in [1.54, 1.807) is 0 Å². The van der Waals surface area contributed by atoms with Gasteiger partial charge in [-0.1, -0.05) is 0 Å². The van der Waals surface area contributed by atoms with E-state index < -0.39 is 11.8 Å². The molecular formula is C9H6FNO3. The molecule has 0 atom stereocenters. The Morgan fingerprint density at radius 3 is 2.86 bits per heavy atom. The zero-order valence-electron chi connectivity index (χ0n) is 7.00. The summed E-state index contributed by atoms with van der Waals surface area (Å²) in [6, 6.07) is 2.17. The van der Waals surface area contributed by atoms with Crippen molar-refractivity contribution in [3.8, 4) is 0 Å². The zero-order valence-corrected chi connectivity index (χ0v) is 7.00. The van der Waals surface area contributed by atoms with Crippen LogP contribution in [0.3, 0.4) is 0 Å². The molecule has 1 aromatic rings. The first-order valence-electron chi connectivity index (χ1n) is 3.93. The molecule has 1 amide bonds. The van der Waals surface area contributed by atoms with Gasteiger partial charge in [0, 0.05) is 11.3 Å². The van der Waals surface area contributed by atoms with Gasteiger partial charge >= 0.3 is 5.97 Å². The van der Waals surface area contributed by atoms with Crippen molar-refractivity contribution < 1.29 is 19.1 Å². The third-order valence-electron chi connectivity index (χ3n) is 2.05. The number of amides is 1. The highest BCUT2D eigenvalue weighted by molar-refractivity contribution is 6.01. The van der Waals surface area contributed by atoms with Gasteiger partial charge in [0.05, 0.1) is 12.0 Å². The molecule has 1 aliphatic rings. The van der Waals surface area contributed by atoms with Gasteiger partial charge in [-0.15, -0.1) is 0 Å². The summed E-state index contributed by atoms with van der Waals surface area (Å²) in [6.07, 6.45) is -0.0267. The number of benzene rings is 1. The Labute approximate surface area is 78.4 Å². The molecule has 0 spiro atoms. The van der Waals surface area contributed by atoms with Gasteiger partial charge in [-0.3, -0.25) is 4.79 Å². The van der Waals surface area contributed by atoms with Crippen molar-refractivity contribution in [2.24, 2.45) is 0 Å². The van der Waals surface area contributed by atoms with Gasteiger partial charge in [0.1, 0.15) is 5.82 Å². The van der Waals surface area contributed by atoms with E-state index in [0.29, 0.717) is 0 Å². The Bertz CT molecular complexity index is 442. The minimum atomic E-state index is -1.21. The van der Waals surface area contributed by atoms with Crippen molar-refractivity contribution in [1.82, 2.24) is 0 Å². The van der Waals surface area contributed by atoms with Crippen LogP contribution >= 0.6 is 0 Å². The molecule has 1 heterocycles. The third kappa shape index (κ3) is 1.22. The summed E-state index contributed by atoms with van der Waals surface area (Å²) in [5.74, 6) is -2.19. The predicted octanol–water partition coefficient (Wildman–Crippen LogP) is 1.02. The fraction of sp³-hybridized carbons (Fsp3) is 0.111. The smallest absolute Gasteiger partial charge is 0.335 e. The number of carboxylic acid groups (broad SMARTS) is 1. The number of carboxylic acids is 1. The molecule has 2 rings (SSSR count). The Morgan fingerprint density at radius 1 is 1.50 bits per heavy atom. The minimum Gasteiger partial charge on any atom is -0.478 e. The average Bonchev–Trinajstić information content (AvgIpc) is 2.45. The molecule has 0 aromatic heterocycles. The fourth-order valence-electron chi connectivity index (χ4n) is 1.41. The molecule has 14 heavy (non-hydrogen) atoms. The summed E-state index contributed by atoms with van der Waals surface area (Å²) in [6.45, 7) is 0. The van der Waals surface area contributed by atoms with E-state index in [0.717, 1.165) is 6.07 Å². The van der Waals surface area contributed by atoms with Crippen LogP contribution < -0.4 is 5.32 Å². The lowest BCUT2D eigenvalue weighted by Crippen LogP contribution is -2.04. The monoisotopic (exact) mass is 195 g/mol. The summed E-state index contributed by atoms with van der Waals surface area (Å²) < 4.78 is 13.2. The van der Waals surface area contributed by atoms with E-state index >= 15 is 0 Å². The van der Waals surface area contributed by atoms with Gasteiger partial charge in [-0.05, 0) is 12.1 Å². The number of aromatic carboxylic acids is 1. The maximum Gasteiger partial charge on any atom is 0.335 e. The van der Waals surface area contributed by atoms with Crippen LogP contribution in [-0.2, 0) is 11.2 Å². The summed E-state index contributed by atoms with van der Waals surface area (Å²) >= 11 is 0. The van der Waals surface area contributed by atoms with Crippen LogP contribution in [0.15, 0.2) is 12.1 Å². The lowest BCUT2D eigenvalue weighted by molar-refractivity contribution is -0.115. The molecule has 1 aliphatic heterocycles. The van der Waals surface area contributed by atoms with Crippen LogP contribution in [0.1, 0.15) is 15.9 Å². The molecule has 5 heteroatoms. The molecule has 0 saturated carbocycles. The van der Waals surface area contributed by atoms with Crippen molar-refractivity contribution in [2.75, 3.05) is 5.32 Å². The number of nitrogens with one attached hydrogen (secondary N) is 1. The Balaban J connectivity index is 2.56. The number of fused-ring (bicyclic) bond motifs is 1. The molecule has 0 aliphatic carbocycles. The Hall–Kier alpha value is -1.91. The number of hydrogen-bond donors (Lipinski definition) is 2. The van der Waals surface area contributed by atoms with Crippen molar-refractivity contribution in [3.05, 3.63) is 29.1 Å². The zero-order chi connectivity index (χ0) is 10.3. The second-order valence-electron chi connectivity index (χ2n) is 3.01. The molecule has 72 valence electrons. The summed E-state index contributed by atoms with van der Waals surface area (Å²) in [5.41, 5.74) is 0.329. The van der Waals surface area contributed by atoms with E-state index in [1.807, 2.05) is 0 Å². The SMILES string of the molecule is O=C1Cc2c(F)cc(C(=O)O)cc2N1. The molecule has 2 N–H and O–H groups in total. The lowest BCUT2D eigenvalue weighted by Gasteiger charge is -2.01. The molecule has 1 aromatic carbocycles. The quantitative estimate of drug-likeness (QED) is 0.703. The summed E-state index contributed by atoms with van der Waals surface area (Å²) in [5, 5.41) is 11.0. The lowest BCUT2D eigenvalue weighted by atomic mass is 10.1. The number of carbonyl (C=O) groups excluding carboxylic acids is 1. The fourth-order valence-corrected chi connectivity index (χ4v) is 1.41. The topological polar surface area (TPSA) is 66.4 Å². The maximum absolute atomic E-state index is 13.2. The first-order valence-corrected chi connectivity index (χ1v) is 3.93. The van der Waals surface area contributed by atoms with Gasteiger partial charge in [-0.2, -0.15) is 0 Å². The highest BCUT2D eigenvalue weighted by atomic mass is 19.1. The van der Waals surface area contributed by atoms with Gasteiger partial charge < -0.3 is 10.4 Å². The minimum absolute atomic E-state index is 0.0267. The number of carbonyl (C=O) groups is 2. The first-order chi connectivity index (χ1) is 6.58. The van der Waals surface area contributed by atoms with Crippen molar-refractivity contribution in [1.29, 1.82) is 0 Å². The first kappa shape index (κ1) is 8.68. The highest BCUT2D eigenvalue weighted by Crippen LogP contribution is 2.27. The van der Waals surface area contributed by atoms with E-state index in [2.05, 4.69) is 5.32 Å². The standard InChI is InChI=1S/C9H6FNO3/c10-6-1-4(9(13)14)2-7-5(6)3-8(12)11-7/h1-2H,3H2,(H,11,12)(H,13,14). The van der Waals surface area contributed by atoms with E-state index in [1.165, 1.54) is 6.07 Å². The van der Waals surface area contributed by atoms with Crippen molar-refractivity contribution in [3.63, 3.8) is 0 Å². The Morgan fingerprint density at radius 2 is 2.21 bits per heavy atom. The normalized spacial score (nSPS) is 13.6. The summed E-state index contributed by atoms with van der Waals surface area (Å²) in [7, 11) is 0. The van der Waals surface area contributed by atoms with Crippen molar-refractivity contribution >= 4 is 17.6 Å². The number of hydrogen-bond acceptors (Lipinski definition) is 2. The predicted molar refractivity (Wildman–Crippen MR) is 45.7 cm³/mol. The molecular weight excluding hydrogens is 189 g/mol. The van der Waals surface area contributed by atoms with Crippen LogP contribution in [0.25, 0.3) is 0 Å². The van der Waals surface area contributed by atoms with Gasteiger partial charge in [-0.25, -0.2) is 9.18 Å². The molecule has 4 nitrogen and oxygen atoms in total. The van der Waals surface area contributed by atoms with Crippen molar-refractivity contribution in [2.45, 2.75) is 6.42 Å². The van der Waals surface area contributed by atoms with Gasteiger partial charge in [0.2, 0.25) is 5.91 Å². The van der Waals surface area contributed by atoms with Crippen LogP contribution in [0.2, 0.25) is 0 Å². The third-order valence-corrected chi connectivity index (χ3v) is 2.05. The van der Waals surface area contributed by atoms with Gasteiger partial charge in [0.25, 0.3) is 0 Å².